The van der Waals surface area contributed by atoms with Crippen LogP contribution >= 0.6 is 0 Å². The SMILES string of the molecule is C.O=C(CCOC/C=C\COCCC(=O)Oc1c(F)c(F)c(F)c(F)c1F)Oc1c(F)c(F)c(F)c(F)c1F.O=C(O)CCOC/C=C\COCCC(=O)O.Oc1c(F)c(F)c(F)c(F)c1F. The molecule has 0 amide bonds. The van der Waals surface area contributed by atoms with Gasteiger partial charge in [-0.3, -0.25) is 19.2 Å². The average Bonchev–Trinajstić information content (AvgIpc) is 3.28. The van der Waals surface area contributed by atoms with Crippen LogP contribution in [0.4, 0.5) is 65.9 Å². The van der Waals surface area contributed by atoms with Crippen LogP contribution in [0.3, 0.4) is 0 Å². The number of carboxylic acid groups (broad SMARTS) is 2. The van der Waals surface area contributed by atoms with Crippen molar-refractivity contribution < 1.29 is 129 Å². The van der Waals surface area contributed by atoms with E-state index in [1.807, 2.05) is 0 Å². The van der Waals surface area contributed by atoms with E-state index in [1.54, 1.807) is 12.2 Å². The molecule has 0 fully saturated rings. The molecule has 0 aromatic heterocycles. The van der Waals surface area contributed by atoms with Crippen molar-refractivity contribution in [1.29, 1.82) is 0 Å². The highest BCUT2D eigenvalue weighted by Crippen LogP contribution is 2.31. The minimum Gasteiger partial charge on any atom is -0.503 e. The number of carboxylic acids is 2. The number of phenols is 1. The first-order chi connectivity index (χ1) is 31.0. The Balaban J connectivity index is 0.00000123. The summed E-state index contributed by atoms with van der Waals surface area (Å²) in [4.78, 5) is 43.3. The fourth-order valence-electron chi connectivity index (χ4n) is 3.78. The molecule has 3 N–H and O–H groups in total. The van der Waals surface area contributed by atoms with E-state index in [1.165, 1.54) is 12.2 Å². The van der Waals surface area contributed by atoms with Crippen LogP contribution in [0.5, 0.6) is 17.2 Å². The molecule has 0 saturated carbocycles. The molecule has 0 saturated heterocycles. The monoisotopic (exact) mass is 996 g/mol. The van der Waals surface area contributed by atoms with E-state index in [9.17, 15) is 85.0 Å². The van der Waals surface area contributed by atoms with Crippen LogP contribution < -0.4 is 9.47 Å². The van der Waals surface area contributed by atoms with Crippen molar-refractivity contribution >= 4 is 23.9 Å². The summed E-state index contributed by atoms with van der Waals surface area (Å²) >= 11 is 0. The van der Waals surface area contributed by atoms with Crippen LogP contribution in [-0.4, -0.2) is 92.1 Å². The minimum absolute atomic E-state index is 0. The molecule has 0 spiro atoms. The Morgan fingerprint density at radius 3 is 0.806 bits per heavy atom. The number of aliphatic carboxylic acids is 2. The fourth-order valence-corrected chi connectivity index (χ4v) is 3.78. The number of aromatic hydroxyl groups is 1. The molecular formula is C39H35F15O13. The maximum Gasteiger partial charge on any atom is 0.313 e. The van der Waals surface area contributed by atoms with E-state index >= 15 is 0 Å². The van der Waals surface area contributed by atoms with Gasteiger partial charge in [0.2, 0.25) is 98.8 Å². The molecule has 0 atom stereocenters. The Bertz CT molecular complexity index is 1940. The first-order valence-corrected chi connectivity index (χ1v) is 17.7. The summed E-state index contributed by atoms with van der Waals surface area (Å²) in [6.45, 7) is -0.000925. The van der Waals surface area contributed by atoms with Crippen molar-refractivity contribution in [2.24, 2.45) is 0 Å². The molecule has 0 heterocycles. The van der Waals surface area contributed by atoms with Crippen LogP contribution in [-0.2, 0) is 38.1 Å². The van der Waals surface area contributed by atoms with Gasteiger partial charge in [0, 0.05) is 0 Å². The summed E-state index contributed by atoms with van der Waals surface area (Å²) in [6, 6.07) is 0. The van der Waals surface area contributed by atoms with Crippen molar-refractivity contribution in [3.05, 3.63) is 112 Å². The highest BCUT2D eigenvalue weighted by atomic mass is 19.2. The van der Waals surface area contributed by atoms with Gasteiger partial charge < -0.3 is 43.7 Å². The van der Waals surface area contributed by atoms with Crippen LogP contribution in [0, 0.1) is 87.3 Å². The van der Waals surface area contributed by atoms with Crippen molar-refractivity contribution in [3.63, 3.8) is 0 Å². The summed E-state index contributed by atoms with van der Waals surface area (Å²) < 4.78 is 221. The third-order valence-electron chi connectivity index (χ3n) is 6.97. The second kappa shape index (κ2) is 30.7. The second-order valence-corrected chi connectivity index (χ2v) is 11.7. The van der Waals surface area contributed by atoms with Crippen LogP contribution in [0.15, 0.2) is 24.3 Å². The maximum atomic E-state index is 13.4. The minimum atomic E-state index is -2.41. The first-order valence-electron chi connectivity index (χ1n) is 17.7. The molecule has 0 unspecified atom stereocenters. The van der Waals surface area contributed by atoms with E-state index in [2.05, 4.69) is 9.47 Å². The number of carbonyl (C=O) groups is 4. The molecule has 0 aliphatic heterocycles. The Morgan fingerprint density at radius 2 is 0.567 bits per heavy atom. The maximum absolute atomic E-state index is 13.4. The van der Waals surface area contributed by atoms with Gasteiger partial charge in [-0.05, 0) is 0 Å². The van der Waals surface area contributed by atoms with Gasteiger partial charge in [0.1, 0.15) is 0 Å². The molecule has 28 heteroatoms. The number of benzene rings is 3. The Hall–Kier alpha value is -6.39. The van der Waals surface area contributed by atoms with Gasteiger partial charge in [-0.25, -0.2) is 39.5 Å². The normalized spacial score (nSPS) is 10.9. The summed E-state index contributed by atoms with van der Waals surface area (Å²) in [7, 11) is 0. The van der Waals surface area contributed by atoms with Crippen LogP contribution in [0.1, 0.15) is 33.1 Å². The Kier molecular flexibility index (Phi) is 27.8. The van der Waals surface area contributed by atoms with Crippen molar-refractivity contribution in [3.8, 4) is 17.2 Å². The van der Waals surface area contributed by atoms with Crippen LogP contribution in [0.25, 0.3) is 0 Å². The topological polar surface area (TPSA) is 184 Å². The van der Waals surface area contributed by atoms with Gasteiger partial charge in [0.25, 0.3) is 0 Å². The third kappa shape index (κ3) is 19.9. The summed E-state index contributed by atoms with van der Waals surface area (Å²) in [5.74, 6) is -44.1. The zero-order valence-corrected chi connectivity index (χ0v) is 32.9. The quantitative estimate of drug-likeness (QED) is 0.0167. The lowest BCUT2D eigenvalue weighted by Gasteiger charge is -2.09. The van der Waals surface area contributed by atoms with Gasteiger partial charge in [-0.1, -0.05) is 31.7 Å². The van der Waals surface area contributed by atoms with Gasteiger partial charge in [0.15, 0.2) is 5.75 Å². The molecule has 0 radical (unpaired) electrons. The number of carbonyl (C=O) groups excluding carboxylic acids is 2. The molecule has 3 aromatic rings. The first kappa shape index (κ1) is 60.6. The summed E-state index contributed by atoms with van der Waals surface area (Å²) in [6.07, 6.45) is 4.84. The third-order valence-corrected chi connectivity index (χ3v) is 6.97. The average molecular weight is 997 g/mol. The highest BCUT2D eigenvalue weighted by Gasteiger charge is 2.30. The van der Waals surface area contributed by atoms with E-state index < -0.39 is 141 Å². The number of halogens is 15. The molecular weight excluding hydrogens is 961 g/mol. The van der Waals surface area contributed by atoms with E-state index in [4.69, 9.17) is 34.3 Å². The summed E-state index contributed by atoms with van der Waals surface area (Å²) in [5.41, 5.74) is 0. The lowest BCUT2D eigenvalue weighted by atomic mass is 10.2. The van der Waals surface area contributed by atoms with E-state index in [0.717, 1.165) is 0 Å². The number of esters is 2. The van der Waals surface area contributed by atoms with Gasteiger partial charge >= 0.3 is 23.9 Å². The molecule has 0 bridgehead atoms. The van der Waals surface area contributed by atoms with Crippen LogP contribution in [0.2, 0.25) is 0 Å². The molecule has 374 valence electrons. The number of phenolic OH excluding ortho intramolecular Hbond substituents is 1. The molecule has 3 aromatic carbocycles. The number of hydrogen-bond acceptors (Lipinski definition) is 11. The van der Waals surface area contributed by atoms with Crippen molar-refractivity contribution in [2.45, 2.75) is 33.1 Å². The molecule has 67 heavy (non-hydrogen) atoms. The van der Waals surface area contributed by atoms with Gasteiger partial charge in [0.05, 0.1) is 78.5 Å². The fraction of sp³-hybridized carbons (Fsp3) is 0.333. The molecule has 13 nitrogen and oxygen atoms in total. The number of hydrogen-bond donors (Lipinski definition) is 3. The lowest BCUT2D eigenvalue weighted by molar-refractivity contribution is -0.139. The zero-order valence-electron chi connectivity index (χ0n) is 32.9. The Morgan fingerprint density at radius 1 is 0.358 bits per heavy atom. The van der Waals surface area contributed by atoms with Crippen molar-refractivity contribution in [2.75, 3.05) is 52.9 Å². The lowest BCUT2D eigenvalue weighted by Crippen LogP contribution is -2.15. The standard InChI is InChI=1S/C22H14F10O6.C10H16O6.C6HF5O.CH4/c23-11-13(25)17(29)21(18(30)14(11)26)37-9(33)3-7-35-5-1-2-6-36-8-4-10(34)38-22-19(31)15(27)12(24)16(28)20(22)32;11-9(12)3-7-15-5-1-2-6-16-8-4-10(13)14;7-1-2(8)4(10)6(12)5(11)3(1)9;/h1-2H,3-8H2;1-2H,3-8H2,(H,11,12)(H,13,14);12H;1H4/b2*2-1-;;. The van der Waals surface area contributed by atoms with E-state index in [-0.39, 0.29) is 59.9 Å². The number of rotatable bonds is 22. The predicted molar refractivity (Wildman–Crippen MR) is 194 cm³/mol. The number of ether oxygens (including phenoxy) is 6. The Labute approximate surface area is 367 Å². The summed E-state index contributed by atoms with van der Waals surface area (Å²) in [5, 5.41) is 24.9. The second-order valence-electron chi connectivity index (χ2n) is 11.7. The smallest absolute Gasteiger partial charge is 0.313 e. The zero-order chi connectivity index (χ0) is 50.3. The largest absolute Gasteiger partial charge is 0.503 e. The molecule has 0 aliphatic carbocycles. The van der Waals surface area contributed by atoms with Gasteiger partial charge in [-0.2, -0.15) is 26.3 Å². The molecule has 0 aliphatic rings. The van der Waals surface area contributed by atoms with Crippen molar-refractivity contribution in [1.82, 2.24) is 0 Å². The van der Waals surface area contributed by atoms with Gasteiger partial charge in [-0.15, -0.1) is 0 Å². The predicted octanol–water partition coefficient (Wildman–Crippen LogP) is 8.21. The van der Waals surface area contributed by atoms with E-state index in [0.29, 0.717) is 13.2 Å². The highest BCUT2D eigenvalue weighted by molar-refractivity contribution is 5.73. The molecule has 3 rings (SSSR count).